The summed E-state index contributed by atoms with van der Waals surface area (Å²) in [6.07, 6.45) is 4.40. The Labute approximate surface area is 132 Å². The van der Waals surface area contributed by atoms with Crippen LogP contribution in [-0.4, -0.2) is 24.0 Å². The molecule has 110 valence electrons. The van der Waals surface area contributed by atoms with Crippen LogP contribution in [0.4, 0.5) is 4.39 Å². The van der Waals surface area contributed by atoms with Crippen molar-refractivity contribution in [2.75, 3.05) is 0 Å². The molecule has 0 aliphatic carbocycles. The molecule has 20 heavy (non-hydrogen) atoms. The average Bonchev–Trinajstić information content (AvgIpc) is 2.72. The van der Waals surface area contributed by atoms with Crippen LogP contribution in [0.2, 0.25) is 0 Å². The first-order chi connectivity index (χ1) is 9.11. The molecule has 2 fully saturated rings. The summed E-state index contributed by atoms with van der Waals surface area (Å²) >= 11 is 3.10. The van der Waals surface area contributed by atoms with Gasteiger partial charge in [-0.15, -0.1) is 12.4 Å². The second-order valence-electron chi connectivity index (χ2n) is 5.41. The van der Waals surface area contributed by atoms with Crippen LogP contribution in [0.5, 0.6) is 0 Å². The SMILES string of the molecule is Cl.O=C(NC1CC2CCC(C1)N2)c1ccc(F)c(Br)c1. The summed E-state index contributed by atoms with van der Waals surface area (Å²) < 4.78 is 13.5. The molecule has 3 nitrogen and oxygen atoms in total. The van der Waals surface area contributed by atoms with Crippen LogP contribution in [-0.2, 0) is 0 Å². The highest BCUT2D eigenvalue weighted by Gasteiger charge is 2.34. The van der Waals surface area contributed by atoms with Crippen LogP contribution < -0.4 is 10.6 Å². The van der Waals surface area contributed by atoms with Gasteiger partial charge in [-0.2, -0.15) is 0 Å². The predicted octanol–water partition coefficient (Wildman–Crippen LogP) is 3.02. The highest BCUT2D eigenvalue weighted by atomic mass is 79.9. The van der Waals surface area contributed by atoms with Gasteiger partial charge in [-0.05, 0) is 59.8 Å². The number of hydrogen-bond donors (Lipinski definition) is 2. The number of hydrogen-bond acceptors (Lipinski definition) is 2. The Morgan fingerprint density at radius 3 is 2.55 bits per heavy atom. The van der Waals surface area contributed by atoms with E-state index in [2.05, 4.69) is 26.6 Å². The maximum atomic E-state index is 13.1. The fraction of sp³-hybridized carbons (Fsp3) is 0.500. The van der Waals surface area contributed by atoms with Crippen LogP contribution >= 0.6 is 28.3 Å². The first kappa shape index (κ1) is 15.7. The van der Waals surface area contributed by atoms with Crippen molar-refractivity contribution in [3.63, 3.8) is 0 Å². The molecule has 0 aromatic heterocycles. The molecule has 2 unspecified atom stereocenters. The lowest BCUT2D eigenvalue weighted by atomic mass is 9.99. The highest BCUT2D eigenvalue weighted by Crippen LogP contribution is 2.27. The van der Waals surface area contributed by atoms with Crippen molar-refractivity contribution in [2.24, 2.45) is 0 Å². The molecule has 0 radical (unpaired) electrons. The summed E-state index contributed by atoms with van der Waals surface area (Å²) in [5.74, 6) is -0.469. The Balaban J connectivity index is 0.00000147. The smallest absolute Gasteiger partial charge is 0.251 e. The number of nitrogens with one attached hydrogen (secondary N) is 2. The third kappa shape index (κ3) is 3.32. The van der Waals surface area contributed by atoms with Crippen LogP contribution in [0.1, 0.15) is 36.0 Å². The molecule has 2 heterocycles. The lowest BCUT2D eigenvalue weighted by Gasteiger charge is -2.29. The van der Waals surface area contributed by atoms with Crippen molar-refractivity contribution in [1.29, 1.82) is 0 Å². The van der Waals surface area contributed by atoms with Crippen LogP contribution in [0.25, 0.3) is 0 Å². The van der Waals surface area contributed by atoms with E-state index in [-0.39, 0.29) is 30.2 Å². The van der Waals surface area contributed by atoms with E-state index in [1.54, 1.807) is 0 Å². The number of carbonyl (C=O) groups is 1. The van der Waals surface area contributed by atoms with E-state index in [1.165, 1.54) is 31.0 Å². The van der Waals surface area contributed by atoms with Gasteiger partial charge in [0.25, 0.3) is 5.91 Å². The Morgan fingerprint density at radius 2 is 1.95 bits per heavy atom. The monoisotopic (exact) mass is 362 g/mol. The van der Waals surface area contributed by atoms with E-state index < -0.39 is 0 Å². The zero-order valence-electron chi connectivity index (χ0n) is 10.9. The van der Waals surface area contributed by atoms with E-state index >= 15 is 0 Å². The molecule has 3 rings (SSSR count). The summed E-state index contributed by atoms with van der Waals surface area (Å²) in [6, 6.07) is 5.68. The van der Waals surface area contributed by atoms with Crippen molar-refractivity contribution in [1.82, 2.24) is 10.6 Å². The summed E-state index contributed by atoms with van der Waals surface area (Å²) in [4.78, 5) is 12.1. The molecule has 2 saturated heterocycles. The lowest BCUT2D eigenvalue weighted by molar-refractivity contribution is 0.0924. The van der Waals surface area contributed by atoms with E-state index in [9.17, 15) is 9.18 Å². The maximum absolute atomic E-state index is 13.1. The minimum Gasteiger partial charge on any atom is -0.349 e. The normalized spacial score (nSPS) is 27.8. The van der Waals surface area contributed by atoms with Gasteiger partial charge in [-0.3, -0.25) is 4.79 Å². The molecule has 2 bridgehead atoms. The highest BCUT2D eigenvalue weighted by molar-refractivity contribution is 9.10. The molecule has 2 aliphatic rings. The van der Waals surface area contributed by atoms with Gasteiger partial charge in [-0.1, -0.05) is 0 Å². The number of amides is 1. The van der Waals surface area contributed by atoms with Crippen molar-refractivity contribution in [3.8, 4) is 0 Å². The first-order valence-electron chi connectivity index (χ1n) is 6.64. The zero-order valence-corrected chi connectivity index (χ0v) is 13.3. The molecule has 0 spiro atoms. The number of carbonyl (C=O) groups excluding carboxylic acids is 1. The van der Waals surface area contributed by atoms with Crippen LogP contribution in [0.15, 0.2) is 22.7 Å². The molecular weight excluding hydrogens is 347 g/mol. The minimum atomic E-state index is -0.350. The van der Waals surface area contributed by atoms with Crippen molar-refractivity contribution < 1.29 is 9.18 Å². The third-order valence-electron chi connectivity index (χ3n) is 3.99. The van der Waals surface area contributed by atoms with Gasteiger partial charge in [0.1, 0.15) is 5.82 Å². The van der Waals surface area contributed by atoms with Gasteiger partial charge in [0.05, 0.1) is 4.47 Å². The number of halogens is 3. The summed E-state index contributed by atoms with van der Waals surface area (Å²) in [6.45, 7) is 0. The second-order valence-corrected chi connectivity index (χ2v) is 6.26. The fourth-order valence-corrected chi connectivity index (χ4v) is 3.46. The number of benzene rings is 1. The van der Waals surface area contributed by atoms with E-state index in [0.29, 0.717) is 22.1 Å². The van der Waals surface area contributed by atoms with Gasteiger partial charge >= 0.3 is 0 Å². The third-order valence-corrected chi connectivity index (χ3v) is 4.60. The summed E-state index contributed by atoms with van der Waals surface area (Å²) in [5.41, 5.74) is 0.499. The Morgan fingerprint density at radius 1 is 1.30 bits per heavy atom. The zero-order chi connectivity index (χ0) is 13.4. The van der Waals surface area contributed by atoms with E-state index in [0.717, 1.165) is 12.8 Å². The number of piperidine rings is 1. The maximum Gasteiger partial charge on any atom is 0.251 e. The largest absolute Gasteiger partial charge is 0.349 e. The predicted molar refractivity (Wildman–Crippen MR) is 81.8 cm³/mol. The quantitative estimate of drug-likeness (QED) is 0.848. The van der Waals surface area contributed by atoms with Gasteiger partial charge in [-0.25, -0.2) is 4.39 Å². The van der Waals surface area contributed by atoms with Gasteiger partial charge in [0.2, 0.25) is 0 Å². The van der Waals surface area contributed by atoms with Crippen molar-refractivity contribution in [2.45, 2.75) is 43.8 Å². The first-order valence-corrected chi connectivity index (χ1v) is 7.43. The van der Waals surface area contributed by atoms with Gasteiger partial charge < -0.3 is 10.6 Å². The topological polar surface area (TPSA) is 41.1 Å². The Hall–Kier alpha value is -0.650. The molecule has 1 aromatic carbocycles. The lowest BCUT2D eigenvalue weighted by Crippen LogP contribution is -2.48. The minimum absolute atomic E-state index is 0. The van der Waals surface area contributed by atoms with Crippen molar-refractivity contribution >= 4 is 34.2 Å². The molecule has 1 amide bonds. The van der Waals surface area contributed by atoms with E-state index in [1.807, 2.05) is 0 Å². The van der Waals surface area contributed by atoms with E-state index in [4.69, 9.17) is 0 Å². The van der Waals surface area contributed by atoms with Crippen molar-refractivity contribution in [3.05, 3.63) is 34.1 Å². The average molecular weight is 364 g/mol. The van der Waals surface area contributed by atoms with Gasteiger partial charge in [0, 0.05) is 23.7 Å². The van der Waals surface area contributed by atoms with Gasteiger partial charge in [0.15, 0.2) is 0 Å². The Kier molecular flexibility index (Phi) is 5.04. The second kappa shape index (κ2) is 6.41. The standard InChI is InChI=1S/C14H16BrFN2O.ClH/c15-12-5-8(1-4-13(12)16)14(19)18-11-6-9-2-3-10(7-11)17-9;/h1,4-5,9-11,17H,2-3,6-7H2,(H,18,19);1H. The molecule has 2 N–H and O–H groups in total. The Bertz CT molecular complexity index is 502. The summed E-state index contributed by atoms with van der Waals surface area (Å²) in [7, 11) is 0. The summed E-state index contributed by atoms with van der Waals surface area (Å²) in [5, 5.41) is 6.60. The molecule has 2 atom stereocenters. The molecule has 1 aromatic rings. The van der Waals surface area contributed by atoms with Crippen LogP contribution in [0.3, 0.4) is 0 Å². The van der Waals surface area contributed by atoms with Crippen LogP contribution in [0, 0.1) is 5.82 Å². The number of fused-ring (bicyclic) bond motifs is 2. The molecule has 2 aliphatic heterocycles. The fourth-order valence-electron chi connectivity index (χ4n) is 3.08. The molecule has 0 saturated carbocycles. The molecule has 6 heteroatoms. The molecular formula is C14H17BrClFN2O. The number of rotatable bonds is 2.